The number of nitrogens with zero attached hydrogens (tertiary/aromatic N) is 4. The molecule has 10 aromatic carbocycles. The van der Waals surface area contributed by atoms with Crippen molar-refractivity contribution < 1.29 is 10.0 Å². The molecular formula is C62H42BBrN4O2. The molecular weight excluding hydrogens is 923 g/mol. The van der Waals surface area contributed by atoms with Gasteiger partial charge in [-0.05, 0) is 98.9 Å². The molecule has 8 heteroatoms. The maximum absolute atomic E-state index is 9.43. The van der Waals surface area contributed by atoms with E-state index in [1.807, 2.05) is 66.7 Å². The van der Waals surface area contributed by atoms with Gasteiger partial charge in [-0.2, -0.15) is 0 Å². The van der Waals surface area contributed by atoms with E-state index < -0.39 is 7.12 Å². The predicted octanol–water partition coefficient (Wildman–Crippen LogP) is 14.8. The average molecular weight is 966 g/mol. The second kappa shape index (κ2) is 18.3. The molecule has 0 unspecified atom stereocenters. The SMILES string of the molecule is Brc1nc2ccccc2c2ccccc12.OB(O)c1ccc2c(c1)c1ccccc1n2-c1ccccc1.c1ccc(-n2c3ccccc3c3cc(-c4nc5ccccc5c5ccccc45)ccc32)cc1. The van der Waals surface area contributed by atoms with Gasteiger partial charge in [0.05, 0.1) is 38.8 Å². The fraction of sp³-hybridized carbons (Fsp3) is 0. The summed E-state index contributed by atoms with van der Waals surface area (Å²) in [5.74, 6) is 0. The predicted molar refractivity (Wildman–Crippen MR) is 297 cm³/mol. The number of pyridine rings is 2. The average Bonchev–Trinajstić information content (AvgIpc) is 3.94. The maximum atomic E-state index is 9.43. The lowest BCUT2D eigenvalue weighted by Crippen LogP contribution is -2.29. The first-order chi connectivity index (χ1) is 34.5. The first-order valence-electron chi connectivity index (χ1n) is 23.2. The number of aromatic nitrogens is 4. The molecule has 0 atom stereocenters. The highest BCUT2D eigenvalue weighted by molar-refractivity contribution is 9.10. The van der Waals surface area contributed by atoms with Crippen molar-refractivity contribution in [2.24, 2.45) is 0 Å². The smallest absolute Gasteiger partial charge is 0.423 e. The third-order valence-electron chi connectivity index (χ3n) is 13.1. The van der Waals surface area contributed by atoms with Crippen LogP contribution in [0.2, 0.25) is 0 Å². The molecule has 4 heterocycles. The van der Waals surface area contributed by atoms with Crippen molar-refractivity contribution >= 4 is 115 Å². The largest absolute Gasteiger partial charge is 0.488 e. The number of rotatable bonds is 4. The van der Waals surface area contributed by atoms with Crippen LogP contribution in [0, 0.1) is 0 Å². The van der Waals surface area contributed by atoms with Crippen LogP contribution in [0.5, 0.6) is 0 Å². The van der Waals surface area contributed by atoms with Gasteiger partial charge in [-0.1, -0.05) is 176 Å². The molecule has 14 rings (SSSR count). The van der Waals surface area contributed by atoms with E-state index in [1.54, 1.807) is 6.07 Å². The van der Waals surface area contributed by atoms with E-state index in [-0.39, 0.29) is 0 Å². The summed E-state index contributed by atoms with van der Waals surface area (Å²) in [7, 11) is -1.46. The number of fused-ring (bicyclic) bond motifs is 12. The number of benzene rings is 10. The summed E-state index contributed by atoms with van der Waals surface area (Å²) in [5, 5.41) is 30.7. The van der Waals surface area contributed by atoms with E-state index in [9.17, 15) is 10.0 Å². The molecule has 6 nitrogen and oxygen atoms in total. The first kappa shape index (κ1) is 42.9. The van der Waals surface area contributed by atoms with Crippen molar-refractivity contribution in [3.63, 3.8) is 0 Å². The Hall–Kier alpha value is -8.40. The Balaban J connectivity index is 0.000000117. The summed E-state index contributed by atoms with van der Waals surface area (Å²) in [4.78, 5) is 9.64. The molecule has 0 saturated heterocycles. The minimum atomic E-state index is -1.46. The number of para-hydroxylation sites is 6. The fourth-order valence-electron chi connectivity index (χ4n) is 9.97. The summed E-state index contributed by atoms with van der Waals surface area (Å²) in [6, 6.07) is 83.3. The van der Waals surface area contributed by atoms with Gasteiger partial charge in [0.2, 0.25) is 0 Å². The molecule has 0 spiro atoms. The quantitative estimate of drug-likeness (QED) is 0.105. The Kier molecular flexibility index (Phi) is 11.2. The molecule has 14 aromatic rings. The van der Waals surface area contributed by atoms with E-state index in [2.05, 4.69) is 200 Å². The maximum Gasteiger partial charge on any atom is 0.488 e. The lowest BCUT2D eigenvalue weighted by Gasteiger charge is -2.11. The van der Waals surface area contributed by atoms with Crippen molar-refractivity contribution in [1.29, 1.82) is 0 Å². The summed E-state index contributed by atoms with van der Waals surface area (Å²) in [5.41, 5.74) is 11.6. The number of hydrogen-bond acceptors (Lipinski definition) is 4. The molecule has 0 saturated carbocycles. The highest BCUT2D eigenvalue weighted by atomic mass is 79.9. The van der Waals surface area contributed by atoms with Gasteiger partial charge < -0.3 is 19.2 Å². The van der Waals surface area contributed by atoms with Crippen molar-refractivity contribution in [1.82, 2.24) is 19.1 Å². The van der Waals surface area contributed by atoms with Gasteiger partial charge in [-0.25, -0.2) is 9.97 Å². The molecule has 0 fully saturated rings. The molecule has 0 radical (unpaired) electrons. The van der Waals surface area contributed by atoms with Crippen molar-refractivity contribution in [2.75, 3.05) is 0 Å². The van der Waals surface area contributed by atoms with Gasteiger partial charge in [-0.3, -0.25) is 0 Å². The summed E-state index contributed by atoms with van der Waals surface area (Å²) < 4.78 is 5.45. The summed E-state index contributed by atoms with van der Waals surface area (Å²) >= 11 is 3.51. The van der Waals surface area contributed by atoms with E-state index in [0.29, 0.717) is 5.46 Å². The molecule has 0 aliphatic rings. The van der Waals surface area contributed by atoms with Gasteiger partial charge >= 0.3 is 7.12 Å². The van der Waals surface area contributed by atoms with E-state index >= 15 is 0 Å². The topological polar surface area (TPSA) is 76.1 Å². The third kappa shape index (κ3) is 7.65. The molecule has 0 bridgehead atoms. The highest BCUT2D eigenvalue weighted by Gasteiger charge is 2.18. The summed E-state index contributed by atoms with van der Waals surface area (Å²) in [6.45, 7) is 0. The molecule has 332 valence electrons. The van der Waals surface area contributed by atoms with Gasteiger partial charge in [0.25, 0.3) is 0 Å². The molecule has 4 aromatic heterocycles. The zero-order valence-electron chi connectivity index (χ0n) is 37.7. The van der Waals surface area contributed by atoms with Crippen LogP contribution in [0.4, 0.5) is 0 Å². The first-order valence-corrected chi connectivity index (χ1v) is 24.0. The van der Waals surface area contributed by atoms with Crippen LogP contribution < -0.4 is 5.46 Å². The Labute approximate surface area is 412 Å². The molecule has 0 aliphatic carbocycles. The zero-order chi connectivity index (χ0) is 47.1. The molecule has 0 aliphatic heterocycles. The van der Waals surface area contributed by atoms with Crippen molar-refractivity contribution in [3.8, 4) is 22.6 Å². The number of hydrogen-bond donors (Lipinski definition) is 2. The fourth-order valence-corrected chi connectivity index (χ4v) is 10.5. The van der Waals surface area contributed by atoms with Crippen molar-refractivity contribution in [2.45, 2.75) is 0 Å². The lowest BCUT2D eigenvalue weighted by molar-refractivity contribution is 0.426. The van der Waals surface area contributed by atoms with Crippen LogP contribution in [0.25, 0.3) is 110 Å². The standard InChI is InChI=1S/C31H20N2.C18H14BNO2.C13H8BrN/c1-2-10-22(11-3-1)33-29-17-9-7-14-25(29)27-20-21(18-19-30(27)33)31-26-15-5-4-12-23(26)24-13-6-8-16-28(24)32-31;21-19(22)13-10-11-18-16(12-13)15-8-4-5-9-17(15)20(18)14-6-2-1-3-7-14;14-13-11-7-2-1-5-9(11)10-6-3-4-8-12(10)15-13/h1-20H;1-12,21-22H;1-8H. The third-order valence-corrected chi connectivity index (χ3v) is 13.7. The van der Waals surface area contributed by atoms with Crippen LogP contribution in [0.15, 0.2) is 247 Å². The van der Waals surface area contributed by atoms with Crippen molar-refractivity contribution in [3.05, 3.63) is 247 Å². The minimum absolute atomic E-state index is 0.503. The van der Waals surface area contributed by atoms with E-state index in [1.165, 1.54) is 54.4 Å². The number of halogens is 1. The summed E-state index contributed by atoms with van der Waals surface area (Å²) in [6.07, 6.45) is 0. The van der Waals surface area contributed by atoms with Gasteiger partial charge in [0.15, 0.2) is 0 Å². The molecule has 2 N–H and O–H groups in total. The highest BCUT2D eigenvalue weighted by Crippen LogP contribution is 2.38. The van der Waals surface area contributed by atoms with E-state index in [4.69, 9.17) is 4.98 Å². The van der Waals surface area contributed by atoms with Crippen LogP contribution in [0.1, 0.15) is 0 Å². The lowest BCUT2D eigenvalue weighted by atomic mass is 9.80. The van der Waals surface area contributed by atoms with Crippen LogP contribution in [-0.4, -0.2) is 36.3 Å². The van der Waals surface area contributed by atoms with Gasteiger partial charge in [-0.15, -0.1) is 0 Å². The Bertz CT molecular complexity index is 4250. The normalized spacial score (nSPS) is 11.4. The Morgan fingerprint density at radius 2 is 0.729 bits per heavy atom. The molecule has 70 heavy (non-hydrogen) atoms. The zero-order valence-corrected chi connectivity index (χ0v) is 39.3. The second-order valence-corrected chi connectivity index (χ2v) is 18.0. The van der Waals surface area contributed by atoms with E-state index in [0.717, 1.165) is 59.8 Å². The van der Waals surface area contributed by atoms with Crippen LogP contribution >= 0.6 is 15.9 Å². The van der Waals surface area contributed by atoms with Crippen LogP contribution in [0.3, 0.4) is 0 Å². The van der Waals surface area contributed by atoms with Crippen LogP contribution in [-0.2, 0) is 0 Å². The molecule has 0 amide bonds. The van der Waals surface area contributed by atoms with Gasteiger partial charge in [0, 0.05) is 60.0 Å². The monoisotopic (exact) mass is 964 g/mol. The Morgan fingerprint density at radius 3 is 1.29 bits per heavy atom. The Morgan fingerprint density at radius 1 is 0.329 bits per heavy atom. The second-order valence-electron chi connectivity index (χ2n) is 17.2. The van der Waals surface area contributed by atoms with Gasteiger partial charge in [0.1, 0.15) is 4.60 Å². The minimum Gasteiger partial charge on any atom is -0.423 e.